The van der Waals surface area contributed by atoms with Crippen molar-refractivity contribution in [2.45, 2.75) is 30.3 Å². The summed E-state index contributed by atoms with van der Waals surface area (Å²) in [6.07, 6.45) is 0.811. The van der Waals surface area contributed by atoms with Gasteiger partial charge in [-0.25, -0.2) is 8.42 Å². The normalized spacial score (nSPS) is 16.1. The molecule has 0 aliphatic carbocycles. The molecule has 1 amide bonds. The maximum atomic E-state index is 12.9. The van der Waals surface area contributed by atoms with Gasteiger partial charge in [0.05, 0.1) is 17.2 Å². The van der Waals surface area contributed by atoms with Gasteiger partial charge in [-0.1, -0.05) is 46.9 Å². The highest BCUT2D eigenvalue weighted by atomic mass is 35.5. The maximum Gasteiger partial charge on any atom is 0.248 e. The Bertz CT molecular complexity index is 1110. The molecular weight excluding hydrogens is 523 g/mol. The number of carbonyl (C=O) groups excluding carboxylic acids is 1. The van der Waals surface area contributed by atoms with Crippen molar-refractivity contribution in [3.8, 4) is 0 Å². The van der Waals surface area contributed by atoms with Gasteiger partial charge in [0.1, 0.15) is 11.5 Å². The molecular formula is C23H27Cl3N2O5S. The Morgan fingerprint density at radius 3 is 2.32 bits per heavy atom. The number of amides is 1. The summed E-state index contributed by atoms with van der Waals surface area (Å²) in [6, 6.07) is 9.99. The lowest BCUT2D eigenvalue weighted by Gasteiger charge is -2.38. The minimum absolute atomic E-state index is 0.00126. The minimum Gasteiger partial charge on any atom is -0.385 e. The van der Waals surface area contributed by atoms with Crippen molar-refractivity contribution in [2.75, 3.05) is 39.9 Å². The molecule has 1 saturated heterocycles. The number of halogens is 3. The Kier molecular flexibility index (Phi) is 8.90. The number of benzene rings is 2. The molecule has 3 rings (SSSR count). The van der Waals surface area contributed by atoms with E-state index in [9.17, 15) is 18.3 Å². The van der Waals surface area contributed by atoms with Crippen LogP contribution in [-0.2, 0) is 25.2 Å². The molecule has 1 aliphatic heterocycles. The standard InChI is InChI=1S/C23H27Cl3N2O5S/c1-16-13-19(25)14-20(26)22(16)34(31,32)27(2)11-12-33-15-21(29)28-9-7-23(30,8-10-28)17-3-5-18(24)6-4-17/h3-6,13-14,30H,7-12,15H2,1-2H3. The van der Waals surface area contributed by atoms with Gasteiger partial charge < -0.3 is 14.7 Å². The zero-order chi connectivity index (χ0) is 25.1. The van der Waals surface area contributed by atoms with Gasteiger partial charge in [0, 0.05) is 36.7 Å². The maximum absolute atomic E-state index is 12.9. The molecule has 186 valence electrons. The predicted molar refractivity (Wildman–Crippen MR) is 133 cm³/mol. The van der Waals surface area contributed by atoms with Crippen LogP contribution in [0.15, 0.2) is 41.3 Å². The zero-order valence-electron chi connectivity index (χ0n) is 18.9. The van der Waals surface area contributed by atoms with Crippen molar-refractivity contribution in [1.29, 1.82) is 0 Å². The van der Waals surface area contributed by atoms with Crippen molar-refractivity contribution in [3.05, 3.63) is 62.6 Å². The number of piperidine rings is 1. The molecule has 2 aromatic rings. The van der Waals surface area contributed by atoms with Gasteiger partial charge in [0.25, 0.3) is 0 Å². The average Bonchev–Trinajstić information content (AvgIpc) is 2.76. The topological polar surface area (TPSA) is 87.2 Å². The first kappa shape index (κ1) is 27.2. The summed E-state index contributed by atoms with van der Waals surface area (Å²) in [5, 5.41) is 11.9. The van der Waals surface area contributed by atoms with E-state index in [2.05, 4.69) is 0 Å². The summed E-state index contributed by atoms with van der Waals surface area (Å²) >= 11 is 18.0. The molecule has 7 nitrogen and oxygen atoms in total. The summed E-state index contributed by atoms with van der Waals surface area (Å²) in [4.78, 5) is 14.2. The van der Waals surface area contributed by atoms with Crippen LogP contribution in [0.5, 0.6) is 0 Å². The first-order valence-corrected chi connectivity index (χ1v) is 13.3. The fraction of sp³-hybridized carbons (Fsp3) is 0.435. The number of nitrogens with zero attached hydrogens (tertiary/aromatic N) is 2. The summed E-state index contributed by atoms with van der Waals surface area (Å²) < 4.78 is 32.4. The van der Waals surface area contributed by atoms with E-state index in [0.29, 0.717) is 41.5 Å². The molecule has 34 heavy (non-hydrogen) atoms. The third-order valence-electron chi connectivity index (χ3n) is 5.96. The second-order valence-corrected chi connectivity index (χ2v) is 11.6. The van der Waals surface area contributed by atoms with E-state index in [0.717, 1.165) is 9.87 Å². The molecule has 0 saturated carbocycles. The Labute approximate surface area is 215 Å². The van der Waals surface area contributed by atoms with Crippen molar-refractivity contribution in [1.82, 2.24) is 9.21 Å². The molecule has 2 aromatic carbocycles. The molecule has 1 fully saturated rings. The van der Waals surface area contributed by atoms with Gasteiger partial charge in [0.15, 0.2) is 0 Å². The van der Waals surface area contributed by atoms with Crippen LogP contribution >= 0.6 is 34.8 Å². The lowest BCUT2D eigenvalue weighted by atomic mass is 9.84. The highest BCUT2D eigenvalue weighted by Gasteiger charge is 2.35. The number of rotatable bonds is 8. The van der Waals surface area contributed by atoms with Crippen LogP contribution in [0.3, 0.4) is 0 Å². The number of ether oxygens (including phenoxy) is 1. The molecule has 1 aliphatic rings. The highest BCUT2D eigenvalue weighted by Crippen LogP contribution is 2.33. The van der Waals surface area contributed by atoms with Gasteiger partial charge in [-0.05, 0) is 55.2 Å². The van der Waals surface area contributed by atoms with Crippen LogP contribution < -0.4 is 0 Å². The van der Waals surface area contributed by atoms with Gasteiger partial charge in [-0.15, -0.1) is 0 Å². The van der Waals surface area contributed by atoms with Crippen molar-refractivity contribution >= 4 is 50.7 Å². The largest absolute Gasteiger partial charge is 0.385 e. The second kappa shape index (κ2) is 11.1. The summed E-state index contributed by atoms with van der Waals surface area (Å²) in [5.74, 6) is -0.208. The van der Waals surface area contributed by atoms with E-state index >= 15 is 0 Å². The van der Waals surface area contributed by atoms with Gasteiger partial charge in [-0.2, -0.15) is 4.31 Å². The number of likely N-dealkylation sites (N-methyl/N-ethyl adjacent to an activating group) is 1. The summed E-state index contributed by atoms with van der Waals surface area (Å²) in [6.45, 7) is 2.32. The minimum atomic E-state index is -3.85. The number of likely N-dealkylation sites (tertiary alicyclic amines) is 1. The Morgan fingerprint density at radius 2 is 1.74 bits per heavy atom. The van der Waals surface area contributed by atoms with Crippen molar-refractivity contribution < 1.29 is 23.1 Å². The second-order valence-electron chi connectivity index (χ2n) is 8.33. The monoisotopic (exact) mass is 548 g/mol. The molecule has 1 heterocycles. The molecule has 0 unspecified atom stereocenters. The number of hydrogen-bond acceptors (Lipinski definition) is 5. The fourth-order valence-corrected chi connectivity index (χ4v) is 6.32. The molecule has 0 atom stereocenters. The highest BCUT2D eigenvalue weighted by molar-refractivity contribution is 7.89. The first-order valence-electron chi connectivity index (χ1n) is 10.7. The Morgan fingerprint density at radius 1 is 1.12 bits per heavy atom. The number of sulfonamides is 1. The van der Waals surface area contributed by atoms with Crippen LogP contribution in [0.2, 0.25) is 15.1 Å². The van der Waals surface area contributed by atoms with Crippen LogP contribution in [0.4, 0.5) is 0 Å². The first-order chi connectivity index (χ1) is 15.9. The van der Waals surface area contributed by atoms with E-state index in [1.807, 2.05) is 0 Å². The van der Waals surface area contributed by atoms with Crippen LogP contribution in [-0.4, -0.2) is 68.5 Å². The summed E-state index contributed by atoms with van der Waals surface area (Å²) in [7, 11) is -2.43. The van der Waals surface area contributed by atoms with Crippen molar-refractivity contribution in [2.24, 2.45) is 0 Å². The Balaban J connectivity index is 1.47. The molecule has 1 N–H and O–H groups in total. The van der Waals surface area contributed by atoms with Crippen LogP contribution in [0.25, 0.3) is 0 Å². The SMILES string of the molecule is Cc1cc(Cl)cc(Cl)c1S(=O)(=O)N(C)CCOCC(=O)N1CCC(O)(c2ccc(Cl)cc2)CC1. The van der Waals surface area contributed by atoms with E-state index < -0.39 is 15.6 Å². The Hall–Kier alpha value is -1.39. The van der Waals surface area contributed by atoms with Crippen LogP contribution in [0.1, 0.15) is 24.0 Å². The summed E-state index contributed by atoms with van der Waals surface area (Å²) in [5.41, 5.74) is 0.227. The quantitative estimate of drug-likeness (QED) is 0.501. The smallest absolute Gasteiger partial charge is 0.248 e. The fourth-order valence-electron chi connectivity index (χ4n) is 3.91. The number of aryl methyl sites for hydroxylation is 1. The van der Waals surface area contributed by atoms with E-state index in [4.69, 9.17) is 39.5 Å². The van der Waals surface area contributed by atoms with Gasteiger partial charge in [-0.3, -0.25) is 4.79 Å². The van der Waals surface area contributed by atoms with Gasteiger partial charge in [0.2, 0.25) is 15.9 Å². The molecule has 0 radical (unpaired) electrons. The number of aliphatic hydroxyl groups is 1. The molecule has 0 bridgehead atoms. The van der Waals surface area contributed by atoms with Gasteiger partial charge >= 0.3 is 0 Å². The van der Waals surface area contributed by atoms with Crippen LogP contribution in [0, 0.1) is 6.92 Å². The predicted octanol–water partition coefficient (Wildman–Crippen LogP) is 4.10. The molecule has 0 spiro atoms. The average molecular weight is 550 g/mol. The number of carbonyl (C=O) groups is 1. The third-order valence-corrected chi connectivity index (χ3v) is 8.90. The third kappa shape index (κ3) is 6.23. The van der Waals surface area contributed by atoms with Crippen molar-refractivity contribution in [3.63, 3.8) is 0 Å². The van der Waals surface area contributed by atoms with E-state index in [-0.39, 0.29) is 35.6 Å². The zero-order valence-corrected chi connectivity index (χ0v) is 22.0. The number of hydrogen-bond donors (Lipinski definition) is 1. The molecule has 11 heteroatoms. The van der Waals surface area contributed by atoms with E-state index in [1.54, 1.807) is 36.1 Å². The lowest BCUT2D eigenvalue weighted by molar-refractivity contribution is -0.140. The lowest BCUT2D eigenvalue weighted by Crippen LogP contribution is -2.46. The van der Waals surface area contributed by atoms with E-state index in [1.165, 1.54) is 19.2 Å². The molecule has 0 aromatic heterocycles.